The van der Waals surface area contributed by atoms with Crippen LogP contribution in [0.4, 0.5) is 5.69 Å². The molecule has 0 amide bonds. The summed E-state index contributed by atoms with van der Waals surface area (Å²) in [6.45, 7) is 8.73. The van der Waals surface area contributed by atoms with Crippen molar-refractivity contribution < 1.29 is 24.3 Å². The molecule has 0 radical (unpaired) electrons. The minimum Gasteiger partial charge on any atom is -0.490 e. The molecular formula is C24H25BrN4O7. The highest BCUT2D eigenvalue weighted by molar-refractivity contribution is 9.10. The number of hydrogen-bond donors (Lipinski definition) is 1. The molecule has 1 heterocycles. The third kappa shape index (κ3) is 5.70. The summed E-state index contributed by atoms with van der Waals surface area (Å²) in [7, 11) is 0. The fourth-order valence-corrected chi connectivity index (χ4v) is 3.65. The zero-order chi connectivity index (χ0) is 26.8. The number of nitro groups is 1. The first-order valence-corrected chi connectivity index (χ1v) is 11.7. The number of ether oxygens (including phenoxy) is 2. The second-order valence-corrected chi connectivity index (χ2v) is 9.78. The van der Waals surface area contributed by atoms with Gasteiger partial charge in [0.15, 0.2) is 11.9 Å². The van der Waals surface area contributed by atoms with Gasteiger partial charge in [0.1, 0.15) is 5.82 Å². The zero-order valence-corrected chi connectivity index (χ0v) is 21.9. The summed E-state index contributed by atoms with van der Waals surface area (Å²) in [5, 5.41) is 25.6. The number of nitrogens with zero attached hydrogens (tertiary/aromatic N) is 4. The smallest absolute Gasteiger partial charge is 0.344 e. The predicted octanol–water partition coefficient (Wildman–Crippen LogP) is 4.50. The van der Waals surface area contributed by atoms with Crippen molar-refractivity contribution in [3.8, 4) is 11.5 Å². The van der Waals surface area contributed by atoms with Gasteiger partial charge in [-0.3, -0.25) is 14.9 Å². The second kappa shape index (κ2) is 10.4. The maximum Gasteiger partial charge on any atom is 0.344 e. The van der Waals surface area contributed by atoms with E-state index < -0.39 is 33.7 Å². The zero-order valence-electron chi connectivity index (χ0n) is 20.3. The molecule has 0 fully saturated rings. The normalized spacial score (nSPS) is 12.6. The van der Waals surface area contributed by atoms with Crippen molar-refractivity contribution >= 4 is 44.7 Å². The number of benzene rings is 2. The number of carbonyl (C=O) groups is 1. The number of aromatic nitrogens is 2. The molecule has 0 aliphatic heterocycles. The first-order chi connectivity index (χ1) is 16.8. The number of carboxylic acid groups (broad SMARTS) is 1. The standard InChI is InChI=1S/C24H25BrN4O7/c1-6-35-19-10-14(9-18(29(33)34)20(19)36-13(2)22(31)32)12-26-28-21(30)16-11-15(25)7-8-17(16)27-23(28)24(3,4)5/h7-13H,6H2,1-5H3,(H,31,32)/t13-/m0/s1. The Balaban J connectivity index is 2.21. The van der Waals surface area contributed by atoms with Crippen molar-refractivity contribution in [2.24, 2.45) is 5.10 Å². The minimum atomic E-state index is -1.35. The summed E-state index contributed by atoms with van der Waals surface area (Å²) < 4.78 is 12.7. The molecule has 0 saturated heterocycles. The van der Waals surface area contributed by atoms with Crippen LogP contribution in [0.3, 0.4) is 0 Å². The van der Waals surface area contributed by atoms with Gasteiger partial charge in [-0.05, 0) is 38.1 Å². The lowest BCUT2D eigenvalue weighted by Gasteiger charge is -2.21. The molecular weight excluding hydrogens is 536 g/mol. The Morgan fingerprint density at radius 1 is 1.33 bits per heavy atom. The van der Waals surface area contributed by atoms with E-state index in [0.29, 0.717) is 21.2 Å². The molecule has 12 heteroatoms. The Labute approximate surface area is 214 Å². The Morgan fingerprint density at radius 2 is 2.03 bits per heavy atom. The monoisotopic (exact) mass is 560 g/mol. The number of rotatable bonds is 8. The first kappa shape index (κ1) is 26.8. The molecule has 0 unspecified atom stereocenters. The van der Waals surface area contributed by atoms with Crippen LogP contribution in [-0.2, 0) is 10.2 Å². The van der Waals surface area contributed by atoms with Gasteiger partial charge in [-0.2, -0.15) is 9.78 Å². The number of carboxylic acids is 1. The quantitative estimate of drug-likeness (QED) is 0.240. The van der Waals surface area contributed by atoms with E-state index >= 15 is 0 Å². The summed E-state index contributed by atoms with van der Waals surface area (Å²) in [5.41, 5.74) is -0.702. The molecule has 1 aromatic heterocycles. The van der Waals surface area contributed by atoms with Gasteiger partial charge in [0.25, 0.3) is 5.56 Å². The topological polar surface area (TPSA) is 146 Å². The van der Waals surface area contributed by atoms with Gasteiger partial charge >= 0.3 is 11.7 Å². The lowest BCUT2D eigenvalue weighted by molar-refractivity contribution is -0.386. The number of nitro benzene ring substituents is 1. The molecule has 3 rings (SSSR count). The second-order valence-electron chi connectivity index (χ2n) is 8.86. The predicted molar refractivity (Wildman–Crippen MR) is 137 cm³/mol. The van der Waals surface area contributed by atoms with Crippen LogP contribution in [0.5, 0.6) is 11.5 Å². The van der Waals surface area contributed by atoms with Crippen molar-refractivity contribution in [2.45, 2.75) is 46.1 Å². The lowest BCUT2D eigenvalue weighted by atomic mass is 9.95. The van der Waals surface area contributed by atoms with Crippen LogP contribution >= 0.6 is 15.9 Å². The van der Waals surface area contributed by atoms with Crippen molar-refractivity contribution in [2.75, 3.05) is 6.61 Å². The van der Waals surface area contributed by atoms with Crippen LogP contribution in [-0.4, -0.2) is 44.6 Å². The van der Waals surface area contributed by atoms with Gasteiger partial charge in [0.2, 0.25) is 5.75 Å². The third-order valence-corrected chi connectivity index (χ3v) is 5.49. The Kier molecular flexibility index (Phi) is 7.77. The maximum absolute atomic E-state index is 13.3. The summed E-state index contributed by atoms with van der Waals surface area (Å²) in [5.74, 6) is -1.22. The van der Waals surface area contributed by atoms with Crippen molar-refractivity contribution in [1.29, 1.82) is 0 Å². The van der Waals surface area contributed by atoms with Crippen molar-refractivity contribution in [3.05, 3.63) is 66.7 Å². The number of hydrogen-bond acceptors (Lipinski definition) is 8. The fourth-order valence-electron chi connectivity index (χ4n) is 3.29. The van der Waals surface area contributed by atoms with E-state index in [1.54, 1.807) is 25.1 Å². The molecule has 3 aromatic rings. The van der Waals surface area contributed by atoms with Gasteiger partial charge in [-0.15, -0.1) is 0 Å². The fraction of sp³-hybridized carbons (Fsp3) is 0.333. The third-order valence-electron chi connectivity index (χ3n) is 5.00. The summed E-state index contributed by atoms with van der Waals surface area (Å²) in [6.07, 6.45) is -0.0689. The maximum atomic E-state index is 13.3. The molecule has 1 N–H and O–H groups in total. The molecule has 1 atom stereocenters. The molecule has 36 heavy (non-hydrogen) atoms. The highest BCUT2D eigenvalue weighted by Gasteiger charge is 2.27. The summed E-state index contributed by atoms with van der Waals surface area (Å²) in [6, 6.07) is 7.77. The van der Waals surface area contributed by atoms with Crippen LogP contribution in [0.1, 0.15) is 46.0 Å². The Hall–Kier alpha value is -3.80. The van der Waals surface area contributed by atoms with Crippen molar-refractivity contribution in [3.63, 3.8) is 0 Å². The molecule has 0 spiro atoms. The Bertz CT molecular complexity index is 1430. The number of fused-ring (bicyclic) bond motifs is 1. The molecule has 2 aromatic carbocycles. The summed E-state index contributed by atoms with van der Waals surface area (Å²) >= 11 is 3.36. The van der Waals surface area contributed by atoms with Crippen molar-refractivity contribution in [1.82, 2.24) is 9.66 Å². The van der Waals surface area contributed by atoms with E-state index in [2.05, 4.69) is 26.0 Å². The largest absolute Gasteiger partial charge is 0.490 e. The van der Waals surface area contributed by atoms with Crippen LogP contribution in [0.15, 0.2) is 44.7 Å². The van der Waals surface area contributed by atoms with Gasteiger partial charge in [-0.1, -0.05) is 36.7 Å². The molecule has 0 saturated carbocycles. The molecule has 0 aliphatic carbocycles. The minimum absolute atomic E-state index is 0.0230. The average Bonchev–Trinajstić information content (AvgIpc) is 2.79. The number of aliphatic carboxylic acids is 1. The van der Waals surface area contributed by atoms with Crippen LogP contribution in [0.2, 0.25) is 0 Å². The van der Waals surface area contributed by atoms with Crippen LogP contribution in [0.25, 0.3) is 10.9 Å². The SMILES string of the molecule is CCOc1cc(C=Nn2c(C(C)(C)C)nc3ccc(Br)cc3c2=O)cc([N+](=O)[O-])c1O[C@@H](C)C(=O)O. The van der Waals surface area contributed by atoms with Gasteiger partial charge in [-0.25, -0.2) is 9.78 Å². The molecule has 11 nitrogen and oxygen atoms in total. The molecule has 0 aliphatic rings. The molecule has 0 bridgehead atoms. The van der Waals surface area contributed by atoms with E-state index in [1.165, 1.54) is 25.3 Å². The van der Waals surface area contributed by atoms with Gasteiger partial charge in [0, 0.05) is 21.5 Å². The first-order valence-electron chi connectivity index (χ1n) is 10.9. The highest BCUT2D eigenvalue weighted by Crippen LogP contribution is 2.39. The molecule has 190 valence electrons. The van der Waals surface area contributed by atoms with E-state index in [-0.39, 0.29) is 23.7 Å². The van der Waals surface area contributed by atoms with E-state index in [1.807, 2.05) is 20.8 Å². The highest BCUT2D eigenvalue weighted by atomic mass is 79.9. The van der Waals surface area contributed by atoms with Gasteiger partial charge < -0.3 is 14.6 Å². The van der Waals surface area contributed by atoms with Crippen LogP contribution < -0.4 is 15.0 Å². The Morgan fingerprint density at radius 3 is 2.61 bits per heavy atom. The van der Waals surface area contributed by atoms with Gasteiger partial charge in [0.05, 0.1) is 28.6 Å². The van der Waals surface area contributed by atoms with E-state index in [9.17, 15) is 24.8 Å². The summed E-state index contributed by atoms with van der Waals surface area (Å²) in [4.78, 5) is 40.3. The number of halogens is 1. The average molecular weight is 561 g/mol. The lowest BCUT2D eigenvalue weighted by Crippen LogP contribution is -2.29. The van der Waals surface area contributed by atoms with E-state index in [4.69, 9.17) is 9.47 Å². The van der Waals surface area contributed by atoms with Crippen LogP contribution in [0, 0.1) is 10.1 Å². The van der Waals surface area contributed by atoms with E-state index in [0.717, 1.165) is 4.68 Å².